The van der Waals surface area contributed by atoms with E-state index in [-0.39, 0.29) is 0 Å². The molecule has 0 aliphatic rings. The Morgan fingerprint density at radius 2 is 0.714 bits per heavy atom. The Morgan fingerprint density at radius 1 is 0.357 bits per heavy atom. The van der Waals surface area contributed by atoms with E-state index in [0.29, 0.717) is 0 Å². The van der Waals surface area contributed by atoms with Crippen LogP contribution in [0.3, 0.4) is 0 Å². The van der Waals surface area contributed by atoms with Gasteiger partial charge in [0.2, 0.25) is 0 Å². The fourth-order valence-electron chi connectivity index (χ4n) is 6.55. The van der Waals surface area contributed by atoms with Crippen molar-refractivity contribution >= 4 is 88.4 Å². The molecular weight excluding hydrogens is 510 g/mol. The maximum atomic E-state index is 4.90. The van der Waals surface area contributed by atoms with Crippen molar-refractivity contribution in [2.45, 2.75) is 0 Å². The van der Waals surface area contributed by atoms with Crippen molar-refractivity contribution in [2.75, 3.05) is 0 Å². The molecule has 3 heteroatoms. The SMILES string of the molecule is C(=Nc1ccc2ccc3cccc4ccc1c2c34)c1cccc(C=Nc2ccc3ccc4cccc5ccc2c3c45)n1. The van der Waals surface area contributed by atoms with Crippen LogP contribution in [0.5, 0.6) is 0 Å². The number of hydrogen-bond donors (Lipinski definition) is 0. The molecular formula is C39H23N3. The zero-order valence-electron chi connectivity index (χ0n) is 22.6. The van der Waals surface area contributed by atoms with Gasteiger partial charge in [0.1, 0.15) is 0 Å². The van der Waals surface area contributed by atoms with Gasteiger partial charge in [-0.2, -0.15) is 0 Å². The number of benzene rings is 8. The molecule has 0 aliphatic carbocycles. The molecule has 194 valence electrons. The van der Waals surface area contributed by atoms with E-state index in [1.165, 1.54) is 53.9 Å². The molecule has 9 rings (SSSR count). The molecule has 0 unspecified atom stereocenters. The fraction of sp³-hybridized carbons (Fsp3) is 0. The quantitative estimate of drug-likeness (QED) is 0.164. The normalized spacial score (nSPS) is 12.6. The summed E-state index contributed by atoms with van der Waals surface area (Å²) in [6, 6.07) is 45.0. The maximum absolute atomic E-state index is 4.90. The summed E-state index contributed by atoms with van der Waals surface area (Å²) in [6.45, 7) is 0. The first kappa shape index (κ1) is 23.1. The first-order chi connectivity index (χ1) is 20.8. The summed E-state index contributed by atoms with van der Waals surface area (Å²) in [4.78, 5) is 14.6. The van der Waals surface area contributed by atoms with Crippen molar-refractivity contribution in [1.82, 2.24) is 4.98 Å². The third-order valence-corrected chi connectivity index (χ3v) is 8.48. The minimum atomic E-state index is 0.792. The number of aliphatic imine (C=N–C) groups is 2. The summed E-state index contributed by atoms with van der Waals surface area (Å²) in [7, 11) is 0. The lowest BCUT2D eigenvalue weighted by Gasteiger charge is -2.12. The van der Waals surface area contributed by atoms with Crippen LogP contribution in [-0.2, 0) is 0 Å². The fourth-order valence-corrected chi connectivity index (χ4v) is 6.55. The van der Waals surface area contributed by atoms with Crippen LogP contribution in [-0.4, -0.2) is 17.4 Å². The van der Waals surface area contributed by atoms with Crippen LogP contribution in [0, 0.1) is 0 Å². The lowest BCUT2D eigenvalue weighted by atomic mass is 9.93. The first-order valence-electron chi connectivity index (χ1n) is 14.2. The summed E-state index contributed by atoms with van der Waals surface area (Å²) in [6.07, 6.45) is 3.69. The Labute approximate surface area is 241 Å². The Hall–Kier alpha value is -5.67. The molecule has 3 nitrogen and oxygen atoms in total. The maximum Gasteiger partial charge on any atom is 0.0820 e. The molecule has 0 saturated carbocycles. The minimum absolute atomic E-state index is 0.792. The molecule has 42 heavy (non-hydrogen) atoms. The topological polar surface area (TPSA) is 37.6 Å². The second kappa shape index (κ2) is 8.92. The molecule has 0 amide bonds. The largest absolute Gasteiger partial charge is 0.254 e. The third-order valence-electron chi connectivity index (χ3n) is 8.48. The third kappa shape index (κ3) is 3.50. The molecule has 0 radical (unpaired) electrons. The van der Waals surface area contributed by atoms with Gasteiger partial charge in [-0.3, -0.25) is 9.98 Å². The molecule has 1 heterocycles. The highest BCUT2D eigenvalue weighted by molar-refractivity contribution is 6.26. The summed E-state index contributed by atoms with van der Waals surface area (Å²) in [5.41, 5.74) is 3.46. The van der Waals surface area contributed by atoms with E-state index < -0.39 is 0 Å². The van der Waals surface area contributed by atoms with E-state index in [1.807, 2.05) is 30.6 Å². The zero-order chi connectivity index (χ0) is 27.6. The van der Waals surface area contributed by atoms with Crippen molar-refractivity contribution in [2.24, 2.45) is 9.98 Å². The van der Waals surface area contributed by atoms with Gasteiger partial charge in [-0.05, 0) is 78.1 Å². The van der Waals surface area contributed by atoms with E-state index in [4.69, 9.17) is 15.0 Å². The van der Waals surface area contributed by atoms with E-state index in [2.05, 4.69) is 109 Å². The van der Waals surface area contributed by atoms with Gasteiger partial charge in [0.15, 0.2) is 0 Å². The summed E-state index contributed by atoms with van der Waals surface area (Å²) >= 11 is 0. The van der Waals surface area contributed by atoms with Crippen molar-refractivity contribution in [1.29, 1.82) is 0 Å². The van der Waals surface area contributed by atoms with E-state index in [1.54, 1.807) is 0 Å². The van der Waals surface area contributed by atoms with Crippen molar-refractivity contribution < 1.29 is 0 Å². The molecule has 0 saturated heterocycles. The average Bonchev–Trinajstić information content (AvgIpc) is 3.05. The zero-order valence-corrected chi connectivity index (χ0v) is 22.6. The molecule has 0 aliphatic heterocycles. The van der Waals surface area contributed by atoms with Crippen LogP contribution in [0.1, 0.15) is 11.4 Å². The van der Waals surface area contributed by atoms with Gasteiger partial charge in [-0.15, -0.1) is 0 Å². The number of rotatable bonds is 4. The lowest BCUT2D eigenvalue weighted by molar-refractivity contribution is 1.27. The van der Waals surface area contributed by atoms with E-state index >= 15 is 0 Å². The van der Waals surface area contributed by atoms with Crippen LogP contribution in [0.25, 0.3) is 64.6 Å². The monoisotopic (exact) mass is 533 g/mol. The van der Waals surface area contributed by atoms with Gasteiger partial charge in [-0.25, -0.2) is 4.98 Å². The van der Waals surface area contributed by atoms with Gasteiger partial charge < -0.3 is 0 Å². The molecule has 9 aromatic rings. The van der Waals surface area contributed by atoms with Gasteiger partial charge in [-0.1, -0.05) is 103 Å². The van der Waals surface area contributed by atoms with E-state index in [9.17, 15) is 0 Å². The average molecular weight is 534 g/mol. The molecule has 0 N–H and O–H groups in total. The number of nitrogens with zero attached hydrogens (tertiary/aromatic N) is 3. The Balaban J connectivity index is 1.08. The van der Waals surface area contributed by atoms with Crippen LogP contribution in [0.4, 0.5) is 11.4 Å². The molecule has 0 fully saturated rings. The highest BCUT2D eigenvalue weighted by atomic mass is 14.8. The number of hydrogen-bond acceptors (Lipinski definition) is 3. The van der Waals surface area contributed by atoms with Crippen LogP contribution in [0.15, 0.2) is 137 Å². The van der Waals surface area contributed by atoms with Crippen molar-refractivity contribution in [3.05, 3.63) is 139 Å². The predicted octanol–water partition coefficient (Wildman–Crippen LogP) is 10.4. The minimum Gasteiger partial charge on any atom is -0.254 e. The van der Waals surface area contributed by atoms with Gasteiger partial charge in [0, 0.05) is 10.8 Å². The van der Waals surface area contributed by atoms with Crippen molar-refractivity contribution in [3.63, 3.8) is 0 Å². The van der Waals surface area contributed by atoms with E-state index in [0.717, 1.165) is 33.5 Å². The van der Waals surface area contributed by atoms with Gasteiger partial charge in [0.25, 0.3) is 0 Å². The second-order valence-electron chi connectivity index (χ2n) is 10.9. The lowest BCUT2D eigenvalue weighted by Crippen LogP contribution is -1.93. The molecule has 8 aromatic carbocycles. The Morgan fingerprint density at radius 3 is 1.17 bits per heavy atom. The molecule has 0 spiro atoms. The Bertz CT molecular complexity index is 2320. The molecule has 0 bridgehead atoms. The Kier molecular flexibility index (Phi) is 4.90. The van der Waals surface area contributed by atoms with Gasteiger partial charge >= 0.3 is 0 Å². The highest BCUT2D eigenvalue weighted by Crippen LogP contribution is 2.40. The van der Waals surface area contributed by atoms with Crippen LogP contribution in [0.2, 0.25) is 0 Å². The summed E-state index contributed by atoms with van der Waals surface area (Å²) < 4.78 is 0. The van der Waals surface area contributed by atoms with Crippen LogP contribution >= 0.6 is 0 Å². The van der Waals surface area contributed by atoms with Crippen molar-refractivity contribution in [3.8, 4) is 0 Å². The van der Waals surface area contributed by atoms with Gasteiger partial charge in [0.05, 0.1) is 35.2 Å². The molecule has 0 atom stereocenters. The van der Waals surface area contributed by atoms with Crippen LogP contribution < -0.4 is 0 Å². The second-order valence-corrected chi connectivity index (χ2v) is 10.9. The highest BCUT2D eigenvalue weighted by Gasteiger charge is 2.11. The smallest absolute Gasteiger partial charge is 0.0820 e. The number of aromatic nitrogens is 1. The molecule has 1 aromatic heterocycles. The predicted molar refractivity (Wildman–Crippen MR) is 179 cm³/mol. The number of pyridine rings is 1. The standard InChI is InChI=1S/C39H23N3/c1-4-24-10-12-28-16-20-34(32-18-14-26(6-1)36(24)38(28)32)40-22-30-8-3-9-31(42-30)23-41-35-21-17-29-13-11-25-5-2-7-27-15-19-33(35)39(29)37(25)27/h1-23H. The summed E-state index contributed by atoms with van der Waals surface area (Å²) in [5, 5.41) is 14.9. The first-order valence-corrected chi connectivity index (χ1v) is 14.2. The summed E-state index contributed by atoms with van der Waals surface area (Å²) in [5.74, 6) is 0.